The van der Waals surface area contributed by atoms with Gasteiger partial charge in [-0.15, -0.1) is 0 Å². The van der Waals surface area contributed by atoms with Crippen molar-refractivity contribution >= 4 is 17.5 Å². The molecule has 24 heavy (non-hydrogen) atoms. The molecule has 0 aliphatic heterocycles. The third-order valence-electron chi connectivity index (χ3n) is 3.34. The second-order valence-corrected chi connectivity index (χ2v) is 5.25. The molecule has 0 saturated heterocycles. The third kappa shape index (κ3) is 2.78. The Hall–Kier alpha value is -3.37. The van der Waals surface area contributed by atoms with Crippen LogP contribution in [0.2, 0.25) is 5.02 Å². The van der Waals surface area contributed by atoms with E-state index in [4.69, 9.17) is 16.0 Å². The third-order valence-corrected chi connectivity index (χ3v) is 3.59. The summed E-state index contributed by atoms with van der Waals surface area (Å²) < 4.78 is 5.11. The fraction of sp³-hybridized carbons (Fsp3) is 0. The van der Waals surface area contributed by atoms with Crippen molar-refractivity contribution in [1.82, 2.24) is 4.98 Å². The molecule has 0 radical (unpaired) electrons. The van der Waals surface area contributed by atoms with E-state index >= 15 is 0 Å². The van der Waals surface area contributed by atoms with Gasteiger partial charge in [0.15, 0.2) is 0 Å². The standard InChI is InChI=1S/C16H8ClN3O4/c17-10-3-1-9(2-4-10)13-7-11(12(8-18)16(21)19-13)14-5-6-15(24-14)20(22)23/h1-7H,(H,19,21). The number of hydrogen-bond donors (Lipinski definition) is 1. The van der Waals surface area contributed by atoms with Gasteiger partial charge in [0.1, 0.15) is 22.3 Å². The highest BCUT2D eigenvalue weighted by atomic mass is 35.5. The fourth-order valence-corrected chi connectivity index (χ4v) is 2.35. The first-order valence-corrected chi connectivity index (χ1v) is 7.05. The summed E-state index contributed by atoms with van der Waals surface area (Å²) in [6, 6.07) is 12.6. The molecule has 0 unspecified atom stereocenters. The molecule has 0 aliphatic rings. The summed E-state index contributed by atoms with van der Waals surface area (Å²) in [5, 5.41) is 20.5. The summed E-state index contributed by atoms with van der Waals surface area (Å²) in [5.41, 5.74) is 0.489. The first-order chi connectivity index (χ1) is 11.5. The summed E-state index contributed by atoms with van der Waals surface area (Å²) in [6.07, 6.45) is 0. The number of benzene rings is 1. The Balaban J connectivity index is 2.20. The predicted molar refractivity (Wildman–Crippen MR) is 86.6 cm³/mol. The zero-order chi connectivity index (χ0) is 17.3. The minimum atomic E-state index is -0.692. The number of nitrogens with one attached hydrogen (secondary N) is 1. The number of H-pyrrole nitrogens is 1. The molecule has 118 valence electrons. The Morgan fingerprint density at radius 1 is 1.21 bits per heavy atom. The zero-order valence-corrected chi connectivity index (χ0v) is 12.7. The molecule has 0 bridgehead atoms. The highest BCUT2D eigenvalue weighted by molar-refractivity contribution is 6.30. The van der Waals surface area contributed by atoms with Crippen molar-refractivity contribution in [2.75, 3.05) is 0 Å². The van der Waals surface area contributed by atoms with Crippen molar-refractivity contribution < 1.29 is 9.34 Å². The Kier molecular flexibility index (Phi) is 3.90. The molecule has 0 aliphatic carbocycles. The SMILES string of the molecule is N#Cc1c(-c2ccc([N+](=O)[O-])o2)cc(-c2ccc(Cl)cc2)[nH]c1=O. The number of nitriles is 1. The van der Waals surface area contributed by atoms with Crippen LogP contribution in [0, 0.1) is 21.4 Å². The molecule has 0 saturated carbocycles. The van der Waals surface area contributed by atoms with E-state index in [1.807, 2.05) is 0 Å². The van der Waals surface area contributed by atoms with E-state index in [-0.39, 0.29) is 16.9 Å². The van der Waals surface area contributed by atoms with Crippen LogP contribution in [0.3, 0.4) is 0 Å². The summed E-state index contributed by atoms with van der Waals surface area (Å²) >= 11 is 5.84. The number of aromatic amines is 1. The molecule has 8 heteroatoms. The molecule has 0 fully saturated rings. The molecular weight excluding hydrogens is 334 g/mol. The molecule has 0 spiro atoms. The number of nitro groups is 1. The van der Waals surface area contributed by atoms with Crippen LogP contribution in [0.25, 0.3) is 22.6 Å². The van der Waals surface area contributed by atoms with Gasteiger partial charge in [-0.05, 0) is 29.8 Å². The van der Waals surface area contributed by atoms with Gasteiger partial charge in [0.25, 0.3) is 5.56 Å². The lowest BCUT2D eigenvalue weighted by Gasteiger charge is -2.06. The quantitative estimate of drug-likeness (QED) is 0.576. The van der Waals surface area contributed by atoms with Crippen molar-refractivity contribution in [2.24, 2.45) is 0 Å². The molecule has 7 nitrogen and oxygen atoms in total. The lowest BCUT2D eigenvalue weighted by atomic mass is 10.0. The Morgan fingerprint density at radius 3 is 2.50 bits per heavy atom. The number of halogens is 1. The minimum absolute atomic E-state index is 0.0690. The molecule has 0 atom stereocenters. The minimum Gasteiger partial charge on any atom is -0.401 e. The van der Waals surface area contributed by atoms with Gasteiger partial charge in [-0.3, -0.25) is 14.9 Å². The van der Waals surface area contributed by atoms with Crippen molar-refractivity contribution in [2.45, 2.75) is 0 Å². The maximum atomic E-state index is 12.2. The van der Waals surface area contributed by atoms with Crippen molar-refractivity contribution in [1.29, 1.82) is 5.26 Å². The van der Waals surface area contributed by atoms with Crippen molar-refractivity contribution in [3.63, 3.8) is 0 Å². The molecule has 1 aromatic carbocycles. The van der Waals surface area contributed by atoms with E-state index in [9.17, 15) is 20.2 Å². The average molecular weight is 342 g/mol. The van der Waals surface area contributed by atoms with Gasteiger partial charge < -0.3 is 9.40 Å². The predicted octanol–water partition coefficient (Wildman–Crippen LogP) is 3.74. The summed E-state index contributed by atoms with van der Waals surface area (Å²) in [7, 11) is 0. The number of aromatic nitrogens is 1. The number of nitrogens with zero attached hydrogens (tertiary/aromatic N) is 2. The first-order valence-electron chi connectivity index (χ1n) is 6.67. The van der Waals surface area contributed by atoms with Gasteiger partial charge >= 0.3 is 5.88 Å². The second-order valence-electron chi connectivity index (χ2n) is 4.81. The van der Waals surface area contributed by atoms with E-state index in [0.717, 1.165) is 0 Å². The first kappa shape index (κ1) is 15.5. The van der Waals surface area contributed by atoms with Crippen LogP contribution in [0.4, 0.5) is 5.88 Å². The van der Waals surface area contributed by atoms with Gasteiger partial charge in [0.2, 0.25) is 0 Å². The molecule has 2 aromatic heterocycles. The van der Waals surface area contributed by atoms with Gasteiger partial charge in [-0.25, -0.2) is 0 Å². The van der Waals surface area contributed by atoms with Gasteiger partial charge in [0.05, 0.1) is 6.07 Å². The maximum Gasteiger partial charge on any atom is 0.433 e. The Morgan fingerprint density at radius 2 is 1.92 bits per heavy atom. The lowest BCUT2D eigenvalue weighted by molar-refractivity contribution is -0.401. The number of furan rings is 1. The maximum absolute atomic E-state index is 12.2. The summed E-state index contributed by atoms with van der Waals surface area (Å²) in [5.74, 6) is -0.401. The smallest absolute Gasteiger partial charge is 0.401 e. The Labute approximate surface area is 139 Å². The monoisotopic (exact) mass is 341 g/mol. The normalized spacial score (nSPS) is 10.3. The Bertz CT molecular complexity index is 1030. The molecule has 1 N–H and O–H groups in total. The molecule has 0 amide bonds. The molecular formula is C16H8ClN3O4. The van der Waals surface area contributed by atoms with Crippen LogP contribution in [-0.4, -0.2) is 9.91 Å². The van der Waals surface area contributed by atoms with E-state index in [1.54, 1.807) is 30.3 Å². The van der Waals surface area contributed by atoms with E-state index < -0.39 is 16.4 Å². The average Bonchev–Trinajstić information content (AvgIpc) is 3.05. The highest BCUT2D eigenvalue weighted by Crippen LogP contribution is 2.30. The van der Waals surface area contributed by atoms with Crippen LogP contribution in [0.5, 0.6) is 0 Å². The fourth-order valence-electron chi connectivity index (χ4n) is 2.22. The highest BCUT2D eigenvalue weighted by Gasteiger charge is 2.18. The van der Waals surface area contributed by atoms with Crippen LogP contribution < -0.4 is 5.56 Å². The molecule has 3 rings (SSSR count). The van der Waals surface area contributed by atoms with Gasteiger partial charge in [0, 0.05) is 16.3 Å². The number of pyridine rings is 1. The van der Waals surface area contributed by atoms with Gasteiger partial charge in [-0.2, -0.15) is 5.26 Å². The lowest BCUT2D eigenvalue weighted by Crippen LogP contribution is -2.12. The van der Waals surface area contributed by atoms with Crippen LogP contribution in [-0.2, 0) is 0 Å². The molecule has 2 heterocycles. The van der Waals surface area contributed by atoms with Crippen molar-refractivity contribution in [3.05, 3.63) is 73.5 Å². The largest absolute Gasteiger partial charge is 0.433 e. The zero-order valence-electron chi connectivity index (χ0n) is 11.9. The van der Waals surface area contributed by atoms with Crippen LogP contribution in [0.15, 0.2) is 51.7 Å². The molecule has 3 aromatic rings. The van der Waals surface area contributed by atoms with Crippen LogP contribution >= 0.6 is 11.6 Å². The summed E-state index contributed by atoms with van der Waals surface area (Å²) in [4.78, 5) is 24.8. The second kappa shape index (κ2) is 6.02. The number of hydrogen-bond acceptors (Lipinski definition) is 5. The number of rotatable bonds is 3. The van der Waals surface area contributed by atoms with E-state index in [2.05, 4.69) is 4.98 Å². The topological polar surface area (TPSA) is 113 Å². The van der Waals surface area contributed by atoms with E-state index in [0.29, 0.717) is 16.3 Å². The van der Waals surface area contributed by atoms with Crippen molar-refractivity contribution in [3.8, 4) is 28.7 Å². The van der Waals surface area contributed by atoms with Crippen LogP contribution in [0.1, 0.15) is 5.56 Å². The summed E-state index contributed by atoms with van der Waals surface area (Å²) in [6.45, 7) is 0. The van der Waals surface area contributed by atoms with E-state index in [1.165, 1.54) is 18.2 Å². The van der Waals surface area contributed by atoms with Gasteiger partial charge in [-0.1, -0.05) is 23.7 Å².